The van der Waals surface area contributed by atoms with Crippen molar-refractivity contribution in [1.29, 1.82) is 0 Å². The van der Waals surface area contributed by atoms with E-state index in [1.54, 1.807) is 47.4 Å². The number of hydrogen-bond donors (Lipinski definition) is 1. The van der Waals surface area contributed by atoms with E-state index >= 15 is 0 Å². The molecular weight excluding hydrogens is 504 g/mol. The average Bonchev–Trinajstić information content (AvgIpc) is 3.21. The fourth-order valence-corrected chi connectivity index (χ4v) is 4.17. The van der Waals surface area contributed by atoms with Crippen LogP contribution in [0.1, 0.15) is 21.5 Å². The van der Waals surface area contributed by atoms with Crippen molar-refractivity contribution in [1.82, 2.24) is 9.78 Å². The van der Waals surface area contributed by atoms with E-state index in [2.05, 4.69) is 10.4 Å². The maximum atomic E-state index is 12.7. The molecular formula is C24H17Cl4N3O2. The van der Waals surface area contributed by atoms with Crippen LogP contribution in [0.5, 0.6) is 5.75 Å². The number of carbonyl (C=O) groups is 1. The summed E-state index contributed by atoms with van der Waals surface area (Å²) in [6, 6.07) is 17.7. The molecule has 0 spiro atoms. The number of benzene rings is 3. The summed E-state index contributed by atoms with van der Waals surface area (Å²) < 4.78 is 7.49. The minimum atomic E-state index is -0.259. The molecule has 5 nitrogen and oxygen atoms in total. The quantitative estimate of drug-likeness (QED) is 0.276. The van der Waals surface area contributed by atoms with Crippen LogP contribution in [0.4, 0.5) is 5.69 Å². The van der Waals surface area contributed by atoms with E-state index in [0.717, 1.165) is 11.1 Å². The van der Waals surface area contributed by atoms with Gasteiger partial charge in [-0.15, -0.1) is 0 Å². The van der Waals surface area contributed by atoms with Crippen molar-refractivity contribution in [2.24, 2.45) is 0 Å². The molecule has 1 amide bonds. The molecule has 0 fully saturated rings. The topological polar surface area (TPSA) is 56.2 Å². The third kappa shape index (κ3) is 6.21. The molecule has 1 aromatic heterocycles. The zero-order chi connectivity index (χ0) is 23.4. The molecule has 0 unspecified atom stereocenters. The maximum absolute atomic E-state index is 12.7. The highest BCUT2D eigenvalue weighted by Crippen LogP contribution is 2.36. The Balaban J connectivity index is 1.39. The number of ether oxygens (including phenoxy) is 1. The van der Waals surface area contributed by atoms with E-state index in [9.17, 15) is 4.79 Å². The normalized spacial score (nSPS) is 10.8. The first kappa shape index (κ1) is 23.5. The van der Waals surface area contributed by atoms with Crippen molar-refractivity contribution in [2.45, 2.75) is 13.2 Å². The lowest BCUT2D eigenvalue weighted by Gasteiger charge is -2.11. The molecule has 0 radical (unpaired) electrons. The van der Waals surface area contributed by atoms with E-state index in [1.807, 2.05) is 30.3 Å². The summed E-state index contributed by atoms with van der Waals surface area (Å²) in [7, 11) is 0. The Morgan fingerprint density at radius 2 is 1.64 bits per heavy atom. The summed E-state index contributed by atoms with van der Waals surface area (Å²) in [6.45, 7) is 0.747. The summed E-state index contributed by atoms with van der Waals surface area (Å²) in [5, 5.41) is 8.89. The number of halogens is 4. The second kappa shape index (κ2) is 10.5. The van der Waals surface area contributed by atoms with Gasteiger partial charge < -0.3 is 10.1 Å². The van der Waals surface area contributed by atoms with Crippen LogP contribution < -0.4 is 10.1 Å². The van der Waals surface area contributed by atoms with Crippen molar-refractivity contribution in [3.63, 3.8) is 0 Å². The first-order valence-corrected chi connectivity index (χ1v) is 11.3. The van der Waals surface area contributed by atoms with Gasteiger partial charge in [0.05, 0.1) is 28.5 Å². The van der Waals surface area contributed by atoms with E-state index in [1.165, 1.54) is 0 Å². The second-order valence-electron chi connectivity index (χ2n) is 7.19. The Hall–Kier alpha value is -2.70. The number of carbonyl (C=O) groups excluding carboxylic acids is 1. The zero-order valence-electron chi connectivity index (χ0n) is 17.1. The molecule has 0 saturated heterocycles. The molecule has 33 heavy (non-hydrogen) atoms. The largest absolute Gasteiger partial charge is 0.486 e. The van der Waals surface area contributed by atoms with E-state index in [-0.39, 0.29) is 12.5 Å². The molecule has 0 atom stereocenters. The molecule has 0 saturated carbocycles. The van der Waals surface area contributed by atoms with Crippen LogP contribution in [0.2, 0.25) is 20.1 Å². The smallest absolute Gasteiger partial charge is 0.255 e. The van der Waals surface area contributed by atoms with Gasteiger partial charge >= 0.3 is 0 Å². The molecule has 4 aromatic rings. The second-order valence-corrected chi connectivity index (χ2v) is 8.88. The van der Waals surface area contributed by atoms with Gasteiger partial charge in [-0.05, 0) is 47.5 Å². The Bertz CT molecular complexity index is 1270. The summed E-state index contributed by atoms with van der Waals surface area (Å²) in [5.41, 5.74) is 2.90. The molecule has 4 rings (SSSR count). The van der Waals surface area contributed by atoms with Crippen molar-refractivity contribution in [3.8, 4) is 5.75 Å². The van der Waals surface area contributed by atoms with Gasteiger partial charge in [0.25, 0.3) is 5.91 Å². The fraction of sp³-hybridized carbons (Fsp3) is 0.0833. The minimum absolute atomic E-state index is 0.182. The summed E-state index contributed by atoms with van der Waals surface area (Å²) in [4.78, 5) is 12.7. The first-order valence-electron chi connectivity index (χ1n) is 9.82. The standard InChI is InChI=1S/C24H17Cl4N3O2/c25-18-6-4-15(5-7-18)12-31-13-20(11-29-31)30-24(32)17-3-1-2-16(8-17)14-33-23-21(27)9-19(26)10-22(23)28/h1-11,13H,12,14H2,(H,30,32). The van der Waals surface area contributed by atoms with Crippen LogP contribution in [0, 0.1) is 0 Å². The Kier molecular flexibility index (Phi) is 7.46. The number of aromatic nitrogens is 2. The average molecular weight is 521 g/mol. The third-order valence-corrected chi connectivity index (χ3v) is 5.72. The van der Waals surface area contributed by atoms with Crippen LogP contribution in [-0.2, 0) is 13.2 Å². The van der Waals surface area contributed by atoms with Gasteiger partial charge in [-0.1, -0.05) is 70.7 Å². The van der Waals surface area contributed by atoms with Crippen molar-refractivity contribution >= 4 is 58.0 Å². The van der Waals surface area contributed by atoms with Gasteiger partial charge in [0.15, 0.2) is 5.75 Å². The van der Waals surface area contributed by atoms with E-state index < -0.39 is 0 Å². The zero-order valence-corrected chi connectivity index (χ0v) is 20.1. The molecule has 0 bridgehead atoms. The molecule has 1 N–H and O–H groups in total. The Labute approximate surface area is 210 Å². The highest BCUT2D eigenvalue weighted by atomic mass is 35.5. The van der Waals surface area contributed by atoms with Gasteiger partial charge in [-0.25, -0.2) is 0 Å². The van der Waals surface area contributed by atoms with Crippen LogP contribution in [0.3, 0.4) is 0 Å². The van der Waals surface area contributed by atoms with Gasteiger partial charge in [0, 0.05) is 21.8 Å². The van der Waals surface area contributed by atoms with Crippen molar-refractivity contribution in [3.05, 3.63) is 110 Å². The van der Waals surface area contributed by atoms with Crippen LogP contribution >= 0.6 is 46.4 Å². The Morgan fingerprint density at radius 3 is 2.36 bits per heavy atom. The van der Waals surface area contributed by atoms with Gasteiger partial charge in [0.2, 0.25) is 0 Å². The summed E-state index contributed by atoms with van der Waals surface area (Å²) in [5.74, 6) is 0.0798. The molecule has 0 aliphatic heterocycles. The molecule has 0 aliphatic rings. The number of amides is 1. The van der Waals surface area contributed by atoms with E-state index in [0.29, 0.717) is 43.6 Å². The van der Waals surface area contributed by atoms with Crippen LogP contribution in [0.15, 0.2) is 73.1 Å². The summed E-state index contributed by atoms with van der Waals surface area (Å²) >= 11 is 24.2. The van der Waals surface area contributed by atoms with Crippen LogP contribution in [-0.4, -0.2) is 15.7 Å². The molecule has 9 heteroatoms. The van der Waals surface area contributed by atoms with Crippen molar-refractivity contribution < 1.29 is 9.53 Å². The molecule has 0 aliphatic carbocycles. The molecule has 3 aromatic carbocycles. The van der Waals surface area contributed by atoms with E-state index in [4.69, 9.17) is 51.1 Å². The highest BCUT2D eigenvalue weighted by molar-refractivity contribution is 6.40. The molecule has 168 valence electrons. The predicted molar refractivity (Wildman–Crippen MR) is 133 cm³/mol. The number of nitrogens with one attached hydrogen (secondary N) is 1. The monoisotopic (exact) mass is 519 g/mol. The number of nitrogens with zero attached hydrogens (tertiary/aromatic N) is 2. The predicted octanol–water partition coefficient (Wildman–Crippen LogP) is 7.38. The third-order valence-electron chi connectivity index (χ3n) is 4.68. The lowest BCUT2D eigenvalue weighted by Crippen LogP contribution is -2.12. The lowest BCUT2D eigenvalue weighted by atomic mass is 10.1. The SMILES string of the molecule is O=C(Nc1cnn(Cc2ccc(Cl)cc2)c1)c1cccc(COc2c(Cl)cc(Cl)cc2Cl)c1. The van der Waals surface area contributed by atoms with Gasteiger partial charge in [-0.2, -0.15) is 5.10 Å². The van der Waals surface area contributed by atoms with Gasteiger partial charge in [-0.3, -0.25) is 9.48 Å². The summed E-state index contributed by atoms with van der Waals surface area (Å²) in [6.07, 6.45) is 3.37. The Morgan fingerprint density at radius 1 is 0.909 bits per heavy atom. The van der Waals surface area contributed by atoms with Crippen LogP contribution in [0.25, 0.3) is 0 Å². The minimum Gasteiger partial charge on any atom is -0.486 e. The number of anilines is 1. The number of rotatable bonds is 7. The maximum Gasteiger partial charge on any atom is 0.255 e. The fourth-order valence-electron chi connectivity index (χ4n) is 3.12. The van der Waals surface area contributed by atoms with Gasteiger partial charge in [0.1, 0.15) is 6.61 Å². The lowest BCUT2D eigenvalue weighted by molar-refractivity contribution is 0.102. The highest BCUT2D eigenvalue weighted by Gasteiger charge is 2.12. The molecule has 1 heterocycles. The van der Waals surface area contributed by atoms with Crippen molar-refractivity contribution in [2.75, 3.05) is 5.32 Å². The first-order chi connectivity index (χ1) is 15.9. The number of hydrogen-bond acceptors (Lipinski definition) is 3.